The Kier molecular flexibility index (Phi) is 9.44. The lowest BCUT2D eigenvalue weighted by atomic mass is 10.1. The van der Waals surface area contributed by atoms with E-state index < -0.39 is 0 Å². The van der Waals surface area contributed by atoms with Crippen LogP contribution in [0, 0.1) is 0 Å². The lowest BCUT2D eigenvalue weighted by molar-refractivity contribution is -0.111. The Labute approximate surface area is 155 Å². The minimum absolute atomic E-state index is 0. The van der Waals surface area contributed by atoms with Gasteiger partial charge in [0.25, 0.3) is 0 Å². The fraction of sp³-hybridized carbons (Fsp3) is 0.588. The molecule has 0 spiro atoms. The average molecular weight is 377 g/mol. The fourth-order valence-electron chi connectivity index (χ4n) is 2.84. The van der Waals surface area contributed by atoms with Gasteiger partial charge in [-0.1, -0.05) is 6.07 Å². The van der Waals surface area contributed by atoms with E-state index in [0.29, 0.717) is 6.42 Å². The first-order chi connectivity index (χ1) is 11.1. The van der Waals surface area contributed by atoms with Crippen LogP contribution in [0.3, 0.4) is 0 Å². The lowest BCUT2D eigenvalue weighted by Crippen LogP contribution is -2.46. The smallest absolute Gasteiger partial charge is 0.221 e. The van der Waals surface area contributed by atoms with Gasteiger partial charge in [-0.25, -0.2) is 0 Å². The molecule has 2 rings (SSSR count). The zero-order valence-electron chi connectivity index (χ0n) is 14.3. The summed E-state index contributed by atoms with van der Waals surface area (Å²) in [5.41, 5.74) is 1.18. The summed E-state index contributed by atoms with van der Waals surface area (Å²) in [6.45, 7) is 5.90. The van der Waals surface area contributed by atoms with Crippen molar-refractivity contribution in [3.63, 3.8) is 0 Å². The van der Waals surface area contributed by atoms with Gasteiger partial charge in [0.15, 0.2) is 0 Å². The van der Waals surface area contributed by atoms with Crippen LogP contribution in [0.2, 0.25) is 0 Å². The zero-order valence-corrected chi connectivity index (χ0v) is 15.9. The summed E-state index contributed by atoms with van der Waals surface area (Å²) in [6, 6.07) is 5.96. The van der Waals surface area contributed by atoms with Crippen LogP contribution < -0.4 is 9.47 Å². The highest BCUT2D eigenvalue weighted by molar-refractivity contribution is 6.63. The van der Waals surface area contributed by atoms with Gasteiger partial charge in [-0.05, 0) is 30.6 Å². The summed E-state index contributed by atoms with van der Waals surface area (Å²) >= 11 is 5.37. The van der Waals surface area contributed by atoms with Crippen molar-refractivity contribution in [2.75, 3.05) is 46.9 Å². The quantitative estimate of drug-likeness (QED) is 0.652. The van der Waals surface area contributed by atoms with E-state index in [2.05, 4.69) is 15.9 Å². The van der Waals surface area contributed by atoms with Gasteiger partial charge < -0.3 is 14.4 Å². The molecule has 1 heterocycles. The normalized spacial score (nSPS) is 15.6. The Morgan fingerprint density at radius 3 is 2.38 bits per heavy atom. The second-order valence-corrected chi connectivity index (χ2v) is 6.18. The maximum atomic E-state index is 10.8. The van der Waals surface area contributed by atoms with E-state index in [9.17, 15) is 4.79 Å². The molecule has 0 N–H and O–H groups in total. The van der Waals surface area contributed by atoms with Gasteiger partial charge in [-0.15, -0.1) is 12.4 Å². The Morgan fingerprint density at radius 1 is 1.12 bits per heavy atom. The molecular weight excluding hydrogens is 351 g/mol. The molecule has 0 aromatic heterocycles. The molecule has 1 aromatic carbocycles. The SMILES string of the molecule is COc1ccc(CN2CCN(CCCC(=O)Cl)CC2)c(OC)c1.Cl. The number of carbonyl (C=O) groups is 1. The van der Waals surface area contributed by atoms with Crippen LogP contribution >= 0.6 is 24.0 Å². The van der Waals surface area contributed by atoms with Gasteiger partial charge >= 0.3 is 0 Å². The van der Waals surface area contributed by atoms with E-state index in [0.717, 1.165) is 57.2 Å². The first kappa shape index (κ1) is 21.0. The number of carbonyl (C=O) groups excluding carboxylic acids is 1. The summed E-state index contributed by atoms with van der Waals surface area (Å²) in [7, 11) is 3.35. The molecular formula is C17H26Cl2N2O3. The maximum Gasteiger partial charge on any atom is 0.221 e. The van der Waals surface area contributed by atoms with Gasteiger partial charge in [0.05, 0.1) is 14.2 Å². The fourth-order valence-corrected chi connectivity index (χ4v) is 2.97. The zero-order chi connectivity index (χ0) is 16.7. The predicted octanol–water partition coefficient (Wildman–Crippen LogP) is 2.79. The van der Waals surface area contributed by atoms with E-state index in [4.69, 9.17) is 21.1 Å². The van der Waals surface area contributed by atoms with Gasteiger partial charge in [-0.3, -0.25) is 9.69 Å². The van der Waals surface area contributed by atoms with Crippen LogP contribution in [-0.4, -0.2) is 62.0 Å². The van der Waals surface area contributed by atoms with E-state index in [1.807, 2.05) is 12.1 Å². The molecule has 1 aliphatic rings. The molecule has 24 heavy (non-hydrogen) atoms. The van der Waals surface area contributed by atoms with Crippen molar-refractivity contribution < 1.29 is 14.3 Å². The first-order valence-corrected chi connectivity index (χ1v) is 8.34. The molecule has 1 aromatic rings. The van der Waals surface area contributed by atoms with Crippen LogP contribution in [0.4, 0.5) is 0 Å². The van der Waals surface area contributed by atoms with Crippen LogP contribution in [0.15, 0.2) is 18.2 Å². The highest BCUT2D eigenvalue weighted by Gasteiger charge is 2.18. The highest BCUT2D eigenvalue weighted by atomic mass is 35.5. The third-order valence-electron chi connectivity index (χ3n) is 4.20. The van der Waals surface area contributed by atoms with Crippen LogP contribution in [0.25, 0.3) is 0 Å². The summed E-state index contributed by atoms with van der Waals surface area (Å²) in [4.78, 5) is 15.6. The van der Waals surface area contributed by atoms with Gasteiger partial charge in [0, 0.05) is 50.8 Å². The molecule has 0 radical (unpaired) electrons. The van der Waals surface area contributed by atoms with Crippen molar-refractivity contribution >= 4 is 29.3 Å². The van der Waals surface area contributed by atoms with Crippen LogP contribution in [-0.2, 0) is 11.3 Å². The van der Waals surface area contributed by atoms with E-state index in [1.54, 1.807) is 14.2 Å². The van der Waals surface area contributed by atoms with Crippen molar-refractivity contribution in [1.82, 2.24) is 9.80 Å². The van der Waals surface area contributed by atoms with Crippen molar-refractivity contribution in [3.8, 4) is 11.5 Å². The van der Waals surface area contributed by atoms with E-state index in [1.165, 1.54) is 5.56 Å². The number of halogens is 2. The monoisotopic (exact) mass is 376 g/mol. The number of hydrogen-bond acceptors (Lipinski definition) is 5. The molecule has 0 amide bonds. The Hall–Kier alpha value is -1.01. The molecule has 7 heteroatoms. The molecule has 0 saturated carbocycles. The first-order valence-electron chi connectivity index (χ1n) is 7.96. The minimum Gasteiger partial charge on any atom is -0.497 e. The largest absolute Gasteiger partial charge is 0.497 e. The summed E-state index contributed by atoms with van der Waals surface area (Å²) in [6.07, 6.45) is 1.31. The van der Waals surface area contributed by atoms with Gasteiger partial charge in [-0.2, -0.15) is 0 Å². The predicted molar refractivity (Wildman–Crippen MR) is 98.6 cm³/mol. The van der Waals surface area contributed by atoms with Crippen molar-refractivity contribution in [2.24, 2.45) is 0 Å². The summed E-state index contributed by atoms with van der Waals surface area (Å²) in [5.74, 6) is 1.68. The number of hydrogen-bond donors (Lipinski definition) is 0. The van der Waals surface area contributed by atoms with Crippen molar-refractivity contribution in [3.05, 3.63) is 23.8 Å². The molecule has 5 nitrogen and oxygen atoms in total. The molecule has 0 atom stereocenters. The van der Waals surface area contributed by atoms with Crippen LogP contribution in [0.5, 0.6) is 11.5 Å². The topological polar surface area (TPSA) is 42.0 Å². The average Bonchev–Trinajstić information content (AvgIpc) is 2.56. The maximum absolute atomic E-state index is 10.8. The molecule has 1 saturated heterocycles. The van der Waals surface area contributed by atoms with Gasteiger partial charge in [0.1, 0.15) is 11.5 Å². The second-order valence-electron chi connectivity index (χ2n) is 5.75. The standard InChI is InChI=1S/C17H25ClN2O3.ClH/c1-22-15-6-5-14(16(12-15)23-2)13-20-10-8-19(9-11-20)7-3-4-17(18)21;/h5-6,12H,3-4,7-11,13H2,1-2H3;1H. The Morgan fingerprint density at radius 2 is 1.79 bits per heavy atom. The van der Waals surface area contributed by atoms with Crippen molar-refractivity contribution in [1.29, 1.82) is 0 Å². The molecule has 136 valence electrons. The third-order valence-corrected chi connectivity index (χ3v) is 4.39. The number of nitrogens with zero attached hydrogens (tertiary/aromatic N) is 2. The number of rotatable bonds is 8. The van der Waals surface area contributed by atoms with Crippen LogP contribution in [0.1, 0.15) is 18.4 Å². The van der Waals surface area contributed by atoms with E-state index in [-0.39, 0.29) is 17.6 Å². The molecule has 0 aliphatic carbocycles. The number of methoxy groups -OCH3 is 2. The number of ether oxygens (including phenoxy) is 2. The molecule has 1 aliphatic heterocycles. The second kappa shape index (κ2) is 10.8. The van der Waals surface area contributed by atoms with Gasteiger partial charge in [0.2, 0.25) is 5.24 Å². The number of piperazine rings is 1. The lowest BCUT2D eigenvalue weighted by Gasteiger charge is -2.34. The summed E-state index contributed by atoms with van der Waals surface area (Å²) in [5, 5.41) is -0.241. The number of benzene rings is 1. The third kappa shape index (κ3) is 6.48. The Bertz CT molecular complexity index is 521. The molecule has 0 unspecified atom stereocenters. The highest BCUT2D eigenvalue weighted by Crippen LogP contribution is 2.26. The molecule has 1 fully saturated rings. The van der Waals surface area contributed by atoms with Crippen molar-refractivity contribution in [2.45, 2.75) is 19.4 Å². The summed E-state index contributed by atoms with van der Waals surface area (Å²) < 4.78 is 10.7. The minimum atomic E-state index is -0.241. The Balaban J connectivity index is 0.00000288. The molecule has 0 bridgehead atoms. The van der Waals surface area contributed by atoms with E-state index >= 15 is 0 Å².